The molecule has 0 radical (unpaired) electrons. The van der Waals surface area contributed by atoms with Crippen molar-refractivity contribution in [3.05, 3.63) is 34.9 Å². The van der Waals surface area contributed by atoms with Crippen LogP contribution in [0.3, 0.4) is 0 Å². The van der Waals surface area contributed by atoms with Crippen LogP contribution in [0.1, 0.15) is 49.1 Å². The molecule has 1 aromatic rings. The van der Waals surface area contributed by atoms with Gasteiger partial charge >= 0.3 is 0 Å². The summed E-state index contributed by atoms with van der Waals surface area (Å²) in [6.45, 7) is 6.58. The first kappa shape index (κ1) is 11.6. The van der Waals surface area contributed by atoms with Crippen LogP contribution < -0.4 is 0 Å². The van der Waals surface area contributed by atoms with E-state index in [1.807, 2.05) is 0 Å². The molecule has 0 bridgehead atoms. The van der Waals surface area contributed by atoms with Gasteiger partial charge < -0.3 is 0 Å². The van der Waals surface area contributed by atoms with Crippen LogP contribution in [0.15, 0.2) is 18.2 Å². The molecule has 1 rings (SSSR count). The molecule has 0 saturated heterocycles. The van der Waals surface area contributed by atoms with Gasteiger partial charge in [-0.15, -0.1) is 0 Å². The fourth-order valence-electron chi connectivity index (χ4n) is 1.75. The molecule has 0 aliphatic carbocycles. The van der Waals surface area contributed by atoms with Gasteiger partial charge in [-0.25, -0.2) is 0 Å². The third kappa shape index (κ3) is 2.78. The molecule has 0 aliphatic heterocycles. The molecule has 0 spiro atoms. The smallest absolute Gasteiger partial charge is 0.0238 e. The zero-order valence-corrected chi connectivity index (χ0v) is 10.3. The highest BCUT2D eigenvalue weighted by Crippen LogP contribution is 2.23. The average molecular weight is 208 g/mol. The van der Waals surface area contributed by atoms with Gasteiger partial charge in [0.05, 0.1) is 0 Å². The van der Waals surface area contributed by atoms with Gasteiger partial charge in [-0.1, -0.05) is 38.5 Å². The van der Waals surface area contributed by atoms with Crippen LogP contribution in [-0.4, -0.2) is 0 Å². The lowest BCUT2D eigenvalue weighted by molar-refractivity contribution is 0.895. The first-order valence-electron chi connectivity index (χ1n) is 5.48. The van der Waals surface area contributed by atoms with Crippen LogP contribution >= 0.6 is 12.6 Å². The second-order valence-electron chi connectivity index (χ2n) is 3.81. The highest BCUT2D eigenvalue weighted by molar-refractivity contribution is 7.80. The first-order valence-corrected chi connectivity index (χ1v) is 6.00. The van der Waals surface area contributed by atoms with Crippen molar-refractivity contribution in [3.8, 4) is 0 Å². The molecule has 1 unspecified atom stereocenters. The summed E-state index contributed by atoms with van der Waals surface area (Å²) >= 11 is 4.46. The Bertz CT molecular complexity index is 289. The number of thiol groups is 1. The normalized spacial score (nSPS) is 12.9. The molecule has 0 saturated carbocycles. The van der Waals surface area contributed by atoms with E-state index in [4.69, 9.17) is 0 Å². The summed E-state index contributed by atoms with van der Waals surface area (Å²) < 4.78 is 0. The van der Waals surface area contributed by atoms with Crippen molar-refractivity contribution in [2.75, 3.05) is 0 Å². The first-order chi connectivity index (χ1) is 6.69. The van der Waals surface area contributed by atoms with Crippen molar-refractivity contribution in [2.45, 2.75) is 45.3 Å². The maximum absolute atomic E-state index is 4.46. The van der Waals surface area contributed by atoms with E-state index in [0.29, 0.717) is 5.25 Å². The Labute approximate surface area is 93.1 Å². The van der Waals surface area contributed by atoms with Crippen molar-refractivity contribution >= 4 is 12.6 Å². The van der Waals surface area contributed by atoms with E-state index in [1.165, 1.54) is 29.5 Å². The summed E-state index contributed by atoms with van der Waals surface area (Å²) in [6.07, 6.45) is 3.55. The number of aryl methyl sites for hydroxylation is 2. The number of benzene rings is 1. The quantitative estimate of drug-likeness (QED) is 0.705. The van der Waals surface area contributed by atoms with Gasteiger partial charge in [0, 0.05) is 5.25 Å². The molecule has 78 valence electrons. The third-order valence-corrected chi connectivity index (χ3v) is 2.91. The van der Waals surface area contributed by atoms with Crippen molar-refractivity contribution in [3.63, 3.8) is 0 Å². The predicted molar refractivity (Wildman–Crippen MR) is 67.2 cm³/mol. The van der Waals surface area contributed by atoms with Gasteiger partial charge in [-0.05, 0) is 36.5 Å². The van der Waals surface area contributed by atoms with E-state index >= 15 is 0 Å². The lowest BCUT2D eigenvalue weighted by atomic mass is 9.98. The lowest BCUT2D eigenvalue weighted by Gasteiger charge is -2.11. The molecule has 0 nitrogen and oxygen atoms in total. The highest BCUT2D eigenvalue weighted by Gasteiger charge is 2.04. The summed E-state index contributed by atoms with van der Waals surface area (Å²) in [5.74, 6) is 0. The Hall–Kier alpha value is -0.430. The molecule has 1 aromatic carbocycles. The van der Waals surface area contributed by atoms with E-state index in [-0.39, 0.29) is 0 Å². The van der Waals surface area contributed by atoms with Crippen molar-refractivity contribution < 1.29 is 0 Å². The summed E-state index contributed by atoms with van der Waals surface area (Å²) in [7, 11) is 0. The molecule has 1 atom stereocenters. The molecule has 1 heteroatoms. The predicted octanol–water partition coefficient (Wildman–Crippen LogP) is 4.19. The Morgan fingerprint density at radius 2 is 1.93 bits per heavy atom. The molecule has 0 fully saturated rings. The molecule has 0 aliphatic rings. The van der Waals surface area contributed by atoms with Gasteiger partial charge in [0.25, 0.3) is 0 Å². The van der Waals surface area contributed by atoms with Crippen LogP contribution in [0.25, 0.3) is 0 Å². The standard InChI is InChI=1S/C13H20S/c1-4-6-12-7-8-13(10(3)14)9-11(12)5-2/h7-10,14H,4-6H2,1-3H3. The van der Waals surface area contributed by atoms with Gasteiger partial charge in [-0.2, -0.15) is 12.6 Å². The van der Waals surface area contributed by atoms with Crippen LogP contribution in [0.5, 0.6) is 0 Å². The number of hydrogen-bond acceptors (Lipinski definition) is 1. The van der Waals surface area contributed by atoms with Crippen LogP contribution in [0.2, 0.25) is 0 Å². The summed E-state index contributed by atoms with van der Waals surface area (Å²) in [5.41, 5.74) is 4.34. The Morgan fingerprint density at radius 1 is 1.21 bits per heavy atom. The zero-order valence-electron chi connectivity index (χ0n) is 9.38. The Balaban J connectivity index is 2.98. The molecule has 0 heterocycles. The largest absolute Gasteiger partial charge is 0.171 e. The summed E-state index contributed by atoms with van der Waals surface area (Å²) in [6, 6.07) is 6.79. The maximum Gasteiger partial charge on any atom is 0.0238 e. The van der Waals surface area contributed by atoms with E-state index in [9.17, 15) is 0 Å². The van der Waals surface area contributed by atoms with Gasteiger partial charge in [0.2, 0.25) is 0 Å². The molecular formula is C13H20S. The molecule has 0 N–H and O–H groups in total. The number of rotatable bonds is 4. The van der Waals surface area contributed by atoms with E-state index in [1.54, 1.807) is 0 Å². The SMILES string of the molecule is CCCc1ccc(C(C)S)cc1CC. The fourth-order valence-corrected chi connectivity index (χ4v) is 1.91. The minimum atomic E-state index is 0.343. The lowest BCUT2D eigenvalue weighted by Crippen LogP contribution is -1.95. The highest BCUT2D eigenvalue weighted by atomic mass is 32.1. The summed E-state index contributed by atoms with van der Waals surface area (Å²) in [4.78, 5) is 0. The van der Waals surface area contributed by atoms with Gasteiger partial charge in [-0.3, -0.25) is 0 Å². The van der Waals surface area contributed by atoms with Crippen molar-refractivity contribution in [2.24, 2.45) is 0 Å². The fraction of sp³-hybridized carbons (Fsp3) is 0.538. The Morgan fingerprint density at radius 3 is 2.43 bits per heavy atom. The van der Waals surface area contributed by atoms with Gasteiger partial charge in [0.1, 0.15) is 0 Å². The molecule has 14 heavy (non-hydrogen) atoms. The van der Waals surface area contributed by atoms with Crippen LogP contribution in [0, 0.1) is 0 Å². The van der Waals surface area contributed by atoms with E-state index in [2.05, 4.69) is 51.6 Å². The minimum Gasteiger partial charge on any atom is -0.171 e. The van der Waals surface area contributed by atoms with Gasteiger partial charge in [0.15, 0.2) is 0 Å². The van der Waals surface area contributed by atoms with E-state index in [0.717, 1.165) is 6.42 Å². The Kier molecular flexibility index (Phi) is 4.53. The topological polar surface area (TPSA) is 0 Å². The second kappa shape index (κ2) is 5.45. The molecular weight excluding hydrogens is 188 g/mol. The maximum atomic E-state index is 4.46. The van der Waals surface area contributed by atoms with E-state index < -0.39 is 0 Å². The monoisotopic (exact) mass is 208 g/mol. The molecule has 0 aromatic heterocycles. The second-order valence-corrected chi connectivity index (χ2v) is 4.58. The van der Waals surface area contributed by atoms with Crippen molar-refractivity contribution in [1.82, 2.24) is 0 Å². The minimum absolute atomic E-state index is 0.343. The third-order valence-electron chi connectivity index (χ3n) is 2.61. The molecule has 0 amide bonds. The number of hydrogen-bond donors (Lipinski definition) is 1. The van der Waals surface area contributed by atoms with Crippen LogP contribution in [0.4, 0.5) is 0 Å². The van der Waals surface area contributed by atoms with Crippen molar-refractivity contribution in [1.29, 1.82) is 0 Å². The average Bonchev–Trinajstić information content (AvgIpc) is 2.18. The zero-order chi connectivity index (χ0) is 10.6. The summed E-state index contributed by atoms with van der Waals surface area (Å²) in [5, 5.41) is 0.343. The van der Waals surface area contributed by atoms with Crippen LogP contribution in [-0.2, 0) is 12.8 Å².